The van der Waals surface area contributed by atoms with Crippen LogP contribution in [-0.4, -0.2) is 28.6 Å². The number of halogens is 1. The summed E-state index contributed by atoms with van der Waals surface area (Å²) in [6.07, 6.45) is 0. The van der Waals surface area contributed by atoms with E-state index in [0.29, 0.717) is 0 Å². The van der Waals surface area contributed by atoms with Gasteiger partial charge in [0.15, 0.2) is 0 Å². The molecule has 1 aromatic rings. The highest BCUT2D eigenvalue weighted by atomic mass is 19.1. The molecule has 1 rings (SSSR count). The summed E-state index contributed by atoms with van der Waals surface area (Å²) >= 11 is 0. The van der Waals surface area contributed by atoms with Gasteiger partial charge in [0, 0.05) is 12.1 Å². The molecular weight excluding hydrogens is 221 g/mol. The Morgan fingerprint density at radius 3 is 2.53 bits per heavy atom. The van der Waals surface area contributed by atoms with Gasteiger partial charge < -0.3 is 5.11 Å². The lowest BCUT2D eigenvalue weighted by Crippen LogP contribution is -2.37. The molecule has 1 atom stereocenters. The first-order valence-electron chi connectivity index (χ1n) is 5.64. The molecule has 1 N–H and O–H groups in total. The van der Waals surface area contributed by atoms with Gasteiger partial charge in [-0.2, -0.15) is 0 Å². The number of nitrogens with zero attached hydrogens (tertiary/aromatic N) is 1. The van der Waals surface area contributed by atoms with Crippen LogP contribution in [0, 0.1) is 5.82 Å². The van der Waals surface area contributed by atoms with Gasteiger partial charge in [-0.1, -0.05) is 12.1 Å². The minimum atomic E-state index is -0.873. The number of rotatable bonds is 5. The average Bonchev–Trinajstić information content (AvgIpc) is 2.24. The van der Waals surface area contributed by atoms with Gasteiger partial charge in [-0.15, -0.1) is 0 Å². The van der Waals surface area contributed by atoms with Gasteiger partial charge in [0.2, 0.25) is 0 Å². The molecule has 0 fully saturated rings. The Kier molecular flexibility index (Phi) is 4.63. The maximum atomic E-state index is 13.1. The van der Waals surface area contributed by atoms with Crippen molar-refractivity contribution in [1.29, 1.82) is 0 Å². The van der Waals surface area contributed by atoms with Crippen molar-refractivity contribution in [3.8, 4) is 0 Å². The van der Waals surface area contributed by atoms with E-state index in [1.165, 1.54) is 12.1 Å². The minimum Gasteiger partial charge on any atom is -0.480 e. The van der Waals surface area contributed by atoms with Crippen LogP contribution in [0.4, 0.5) is 4.39 Å². The highest BCUT2D eigenvalue weighted by Crippen LogP contribution is 2.22. The predicted octanol–water partition coefficient (Wildman–Crippen LogP) is 2.68. The van der Waals surface area contributed by atoms with E-state index < -0.39 is 5.97 Å². The van der Waals surface area contributed by atoms with Gasteiger partial charge in [-0.3, -0.25) is 9.69 Å². The number of aliphatic carboxylic acids is 1. The van der Waals surface area contributed by atoms with Crippen molar-refractivity contribution >= 4 is 5.97 Å². The van der Waals surface area contributed by atoms with Crippen molar-refractivity contribution in [3.05, 3.63) is 35.6 Å². The van der Waals surface area contributed by atoms with Gasteiger partial charge in [-0.25, -0.2) is 4.39 Å². The van der Waals surface area contributed by atoms with Crippen molar-refractivity contribution < 1.29 is 14.3 Å². The maximum Gasteiger partial charge on any atom is 0.317 e. The molecular formula is C13H18FNO2. The summed E-state index contributed by atoms with van der Waals surface area (Å²) < 4.78 is 13.1. The molecule has 3 nitrogen and oxygen atoms in total. The molecule has 0 saturated heterocycles. The number of hydrogen-bond acceptors (Lipinski definition) is 2. The Labute approximate surface area is 101 Å². The van der Waals surface area contributed by atoms with Gasteiger partial charge in [0.25, 0.3) is 0 Å². The lowest BCUT2D eigenvalue weighted by Gasteiger charge is -2.31. The fourth-order valence-electron chi connectivity index (χ4n) is 1.88. The summed E-state index contributed by atoms with van der Waals surface area (Å²) in [5.74, 6) is -1.17. The number of carbonyl (C=O) groups is 1. The molecule has 94 valence electrons. The molecule has 1 aromatic carbocycles. The second kappa shape index (κ2) is 5.77. The van der Waals surface area contributed by atoms with Crippen molar-refractivity contribution in [1.82, 2.24) is 4.90 Å². The van der Waals surface area contributed by atoms with Crippen molar-refractivity contribution in [2.45, 2.75) is 32.9 Å². The first-order chi connectivity index (χ1) is 7.91. The largest absolute Gasteiger partial charge is 0.480 e. The summed E-state index contributed by atoms with van der Waals surface area (Å²) in [7, 11) is 0. The van der Waals surface area contributed by atoms with Crippen LogP contribution in [0.2, 0.25) is 0 Å². The highest BCUT2D eigenvalue weighted by Gasteiger charge is 2.21. The van der Waals surface area contributed by atoms with Crippen LogP contribution in [0.15, 0.2) is 24.3 Å². The first-order valence-corrected chi connectivity index (χ1v) is 5.64. The highest BCUT2D eigenvalue weighted by molar-refractivity contribution is 5.69. The molecule has 0 saturated carbocycles. The van der Waals surface area contributed by atoms with Crippen molar-refractivity contribution in [3.63, 3.8) is 0 Å². The quantitative estimate of drug-likeness (QED) is 0.858. The van der Waals surface area contributed by atoms with Crippen molar-refractivity contribution in [2.75, 3.05) is 6.54 Å². The van der Waals surface area contributed by atoms with E-state index in [-0.39, 0.29) is 24.4 Å². The zero-order valence-electron chi connectivity index (χ0n) is 10.4. The van der Waals surface area contributed by atoms with Gasteiger partial charge in [0.05, 0.1) is 6.54 Å². The third kappa shape index (κ3) is 3.82. The van der Waals surface area contributed by atoms with Gasteiger partial charge >= 0.3 is 5.97 Å². The predicted molar refractivity (Wildman–Crippen MR) is 64.3 cm³/mol. The number of hydrogen-bond donors (Lipinski definition) is 1. The monoisotopic (exact) mass is 239 g/mol. The molecule has 0 aliphatic rings. The fourth-order valence-corrected chi connectivity index (χ4v) is 1.88. The molecule has 0 aliphatic carbocycles. The van der Waals surface area contributed by atoms with E-state index >= 15 is 0 Å². The van der Waals surface area contributed by atoms with Crippen LogP contribution in [0.5, 0.6) is 0 Å². The SMILES string of the molecule is CC(C)N(CC(=O)O)C(C)c1cccc(F)c1. The molecule has 0 radical (unpaired) electrons. The topological polar surface area (TPSA) is 40.5 Å². The van der Waals surface area contributed by atoms with Crippen LogP contribution in [0.1, 0.15) is 32.4 Å². The second-order valence-corrected chi connectivity index (χ2v) is 4.39. The standard InChI is InChI=1S/C13H18FNO2/c1-9(2)15(8-13(16)17)10(3)11-5-4-6-12(14)7-11/h4-7,9-10H,8H2,1-3H3,(H,16,17). The van der Waals surface area contributed by atoms with E-state index in [9.17, 15) is 9.18 Å². The van der Waals surface area contributed by atoms with E-state index in [1.54, 1.807) is 6.07 Å². The molecule has 1 unspecified atom stereocenters. The van der Waals surface area contributed by atoms with Crippen LogP contribution < -0.4 is 0 Å². The van der Waals surface area contributed by atoms with Crippen molar-refractivity contribution in [2.24, 2.45) is 0 Å². The van der Waals surface area contributed by atoms with Gasteiger partial charge in [-0.05, 0) is 38.5 Å². The smallest absolute Gasteiger partial charge is 0.317 e. The third-order valence-electron chi connectivity index (χ3n) is 2.81. The normalized spacial score (nSPS) is 13.1. The Morgan fingerprint density at radius 1 is 1.41 bits per heavy atom. The van der Waals surface area contributed by atoms with E-state index in [2.05, 4.69) is 0 Å². The average molecular weight is 239 g/mol. The number of benzene rings is 1. The summed E-state index contributed by atoms with van der Waals surface area (Å²) in [5.41, 5.74) is 0.792. The van der Waals surface area contributed by atoms with E-state index in [0.717, 1.165) is 5.56 Å². The Bertz CT molecular complexity index is 393. The maximum absolute atomic E-state index is 13.1. The zero-order chi connectivity index (χ0) is 13.0. The summed E-state index contributed by atoms with van der Waals surface area (Å²) in [5, 5.41) is 8.87. The molecule has 0 bridgehead atoms. The molecule has 0 aliphatic heterocycles. The van der Waals surface area contributed by atoms with Crippen LogP contribution >= 0.6 is 0 Å². The lowest BCUT2D eigenvalue weighted by atomic mass is 10.1. The summed E-state index contributed by atoms with van der Waals surface area (Å²) in [6.45, 7) is 5.70. The molecule has 0 aromatic heterocycles. The molecule has 0 amide bonds. The van der Waals surface area contributed by atoms with Crippen LogP contribution in [-0.2, 0) is 4.79 Å². The molecule has 17 heavy (non-hydrogen) atoms. The lowest BCUT2D eigenvalue weighted by molar-refractivity contribution is -0.139. The number of carboxylic acid groups (broad SMARTS) is 1. The molecule has 0 spiro atoms. The summed E-state index contributed by atoms with van der Waals surface area (Å²) in [6, 6.07) is 6.24. The first kappa shape index (κ1) is 13.6. The zero-order valence-corrected chi connectivity index (χ0v) is 10.4. The Hall–Kier alpha value is -1.42. The molecule has 0 heterocycles. The minimum absolute atomic E-state index is 0.0463. The Morgan fingerprint density at radius 2 is 2.06 bits per heavy atom. The third-order valence-corrected chi connectivity index (χ3v) is 2.81. The van der Waals surface area contributed by atoms with E-state index in [1.807, 2.05) is 31.7 Å². The fraction of sp³-hybridized carbons (Fsp3) is 0.462. The number of carboxylic acids is 1. The molecule has 4 heteroatoms. The van der Waals surface area contributed by atoms with Crippen LogP contribution in [0.3, 0.4) is 0 Å². The second-order valence-electron chi connectivity index (χ2n) is 4.39. The van der Waals surface area contributed by atoms with Gasteiger partial charge in [0.1, 0.15) is 5.82 Å². The van der Waals surface area contributed by atoms with E-state index in [4.69, 9.17) is 5.11 Å². The van der Waals surface area contributed by atoms with Crippen LogP contribution in [0.25, 0.3) is 0 Å². The Balaban J connectivity index is 2.91. The summed E-state index contributed by atoms with van der Waals surface area (Å²) in [4.78, 5) is 12.6.